The van der Waals surface area contributed by atoms with Gasteiger partial charge in [0.05, 0.1) is 23.0 Å². The molecule has 0 unspecified atom stereocenters. The van der Waals surface area contributed by atoms with Crippen molar-refractivity contribution in [3.8, 4) is 0 Å². The minimum absolute atomic E-state index is 0.00603. The molecule has 3 rings (SSSR count). The Kier molecular flexibility index (Phi) is 4.97. The van der Waals surface area contributed by atoms with Crippen LogP contribution in [-0.2, 0) is 19.7 Å². The molecule has 2 fully saturated rings. The molecule has 2 atom stereocenters. The molecule has 0 bridgehead atoms. The maximum Gasteiger partial charge on any atom is 0.189 e. The Morgan fingerprint density at radius 2 is 1.52 bits per heavy atom. The van der Waals surface area contributed by atoms with Crippen LogP contribution in [0, 0.1) is 6.92 Å². The molecule has 0 aromatic carbocycles. The highest BCUT2D eigenvalue weighted by Crippen LogP contribution is 2.33. The number of aryl methyl sites for hydroxylation is 1. The Balaban J connectivity index is 1.70. The maximum atomic E-state index is 11.5. The molecule has 0 radical (unpaired) electrons. The molecule has 3 heterocycles. The summed E-state index contributed by atoms with van der Waals surface area (Å²) in [6.07, 6.45) is 1.28. The van der Waals surface area contributed by atoms with Gasteiger partial charge < -0.3 is 0 Å². The molecule has 1 aromatic heterocycles. The zero-order valence-corrected chi connectivity index (χ0v) is 15.9. The predicted molar refractivity (Wildman–Crippen MR) is 92.6 cm³/mol. The van der Waals surface area contributed by atoms with Crippen LogP contribution in [0.2, 0.25) is 0 Å². The molecule has 2 aliphatic rings. The fourth-order valence-electron chi connectivity index (χ4n) is 2.65. The van der Waals surface area contributed by atoms with Crippen molar-refractivity contribution in [2.24, 2.45) is 0 Å². The normalized spacial score (nSPS) is 28.9. The van der Waals surface area contributed by atoms with Crippen LogP contribution in [0.5, 0.6) is 0 Å². The summed E-state index contributed by atoms with van der Waals surface area (Å²) in [6.45, 7) is 1.87. The Labute approximate surface area is 145 Å². The van der Waals surface area contributed by atoms with Gasteiger partial charge in [-0.15, -0.1) is 11.8 Å². The van der Waals surface area contributed by atoms with E-state index in [1.54, 1.807) is 0 Å². The molecule has 1 aromatic rings. The van der Waals surface area contributed by atoms with Gasteiger partial charge in [-0.25, -0.2) is 26.8 Å². The number of sulfone groups is 2. The monoisotopic (exact) mass is 394 g/mol. The Hall–Kier alpha value is -0.320. The highest BCUT2D eigenvalue weighted by molar-refractivity contribution is 8.02. The van der Waals surface area contributed by atoms with Crippen molar-refractivity contribution in [2.75, 3.05) is 23.0 Å². The Morgan fingerprint density at radius 1 is 0.957 bits per heavy atom. The molecule has 0 spiro atoms. The molecular weight excluding hydrogens is 376 g/mol. The Bertz CT molecular complexity index is 743. The van der Waals surface area contributed by atoms with E-state index in [9.17, 15) is 16.8 Å². The fraction of sp³-hybridized carbons (Fsp3) is 0.692. The second-order valence-corrected chi connectivity index (χ2v) is 13.0. The van der Waals surface area contributed by atoms with Crippen molar-refractivity contribution in [3.05, 3.63) is 11.8 Å². The van der Waals surface area contributed by atoms with E-state index in [0.717, 1.165) is 10.7 Å². The smallest absolute Gasteiger partial charge is 0.189 e. The van der Waals surface area contributed by atoms with Gasteiger partial charge in [-0.3, -0.25) is 0 Å². The summed E-state index contributed by atoms with van der Waals surface area (Å²) in [5.74, 6) is 0.858. The Morgan fingerprint density at radius 3 is 2.04 bits per heavy atom. The SMILES string of the molecule is Cc1cc(S[C@H]2CCS(=O)(=O)C2)nc(S[C@@H]2CCS(=O)(=O)C2)n1. The van der Waals surface area contributed by atoms with Crippen molar-refractivity contribution in [2.45, 2.75) is 40.4 Å². The zero-order chi connectivity index (χ0) is 16.7. The van der Waals surface area contributed by atoms with E-state index in [2.05, 4.69) is 9.97 Å². The van der Waals surface area contributed by atoms with Crippen molar-refractivity contribution < 1.29 is 16.8 Å². The highest BCUT2D eigenvalue weighted by atomic mass is 32.2. The molecule has 0 aliphatic carbocycles. The lowest BCUT2D eigenvalue weighted by molar-refractivity contribution is 0.600. The van der Waals surface area contributed by atoms with Crippen LogP contribution in [0.4, 0.5) is 0 Å². The van der Waals surface area contributed by atoms with Gasteiger partial charge >= 0.3 is 0 Å². The number of aromatic nitrogens is 2. The fourth-order valence-corrected chi connectivity index (χ4v) is 9.72. The highest BCUT2D eigenvalue weighted by Gasteiger charge is 2.31. The minimum Gasteiger partial charge on any atom is -0.229 e. The van der Waals surface area contributed by atoms with Crippen LogP contribution in [0.1, 0.15) is 18.5 Å². The van der Waals surface area contributed by atoms with Gasteiger partial charge in [0.1, 0.15) is 5.03 Å². The predicted octanol–water partition coefficient (Wildman–Crippen LogP) is 1.34. The number of thioether (sulfide) groups is 2. The van der Waals surface area contributed by atoms with Crippen LogP contribution in [0.15, 0.2) is 16.2 Å². The third-order valence-corrected chi connectivity index (χ3v) is 10.0. The summed E-state index contributed by atoms with van der Waals surface area (Å²) in [6, 6.07) is 1.85. The summed E-state index contributed by atoms with van der Waals surface area (Å²) >= 11 is 2.88. The number of hydrogen-bond acceptors (Lipinski definition) is 8. The molecule has 0 N–H and O–H groups in total. The van der Waals surface area contributed by atoms with Crippen LogP contribution in [-0.4, -0.2) is 60.3 Å². The number of rotatable bonds is 4. The van der Waals surface area contributed by atoms with Crippen molar-refractivity contribution in [3.63, 3.8) is 0 Å². The van der Waals surface area contributed by atoms with Crippen LogP contribution in [0.3, 0.4) is 0 Å². The molecular formula is C13H18N2O4S4. The third kappa shape index (κ3) is 4.83. The van der Waals surface area contributed by atoms with Crippen LogP contribution >= 0.6 is 23.5 Å². The van der Waals surface area contributed by atoms with Gasteiger partial charge in [-0.2, -0.15) is 0 Å². The van der Waals surface area contributed by atoms with Crippen molar-refractivity contribution >= 4 is 43.2 Å². The molecule has 23 heavy (non-hydrogen) atoms. The standard InChI is InChI=1S/C13H18N2O4S4/c1-9-6-12(20-10-2-4-22(16,17)7-10)15-13(14-9)21-11-3-5-23(18,19)8-11/h6,10-11H,2-5,7-8H2,1H3/t10-,11+/m0/s1. The van der Waals surface area contributed by atoms with Gasteiger partial charge in [0.25, 0.3) is 0 Å². The molecule has 0 saturated carbocycles. The van der Waals surface area contributed by atoms with Gasteiger partial charge in [0, 0.05) is 16.2 Å². The lowest BCUT2D eigenvalue weighted by atomic mass is 10.4. The lowest BCUT2D eigenvalue weighted by Crippen LogP contribution is -2.08. The summed E-state index contributed by atoms with van der Waals surface area (Å²) < 4.78 is 46.2. The van der Waals surface area contributed by atoms with Gasteiger partial charge in [-0.05, 0) is 25.8 Å². The first-order valence-electron chi connectivity index (χ1n) is 7.31. The molecule has 128 valence electrons. The minimum atomic E-state index is -2.92. The molecule has 6 nitrogen and oxygen atoms in total. The van der Waals surface area contributed by atoms with Gasteiger partial charge in [0.15, 0.2) is 24.8 Å². The molecule has 2 aliphatic heterocycles. The van der Waals surface area contributed by atoms with E-state index in [-0.39, 0.29) is 33.5 Å². The van der Waals surface area contributed by atoms with Crippen molar-refractivity contribution in [1.29, 1.82) is 0 Å². The van der Waals surface area contributed by atoms with E-state index >= 15 is 0 Å². The largest absolute Gasteiger partial charge is 0.229 e. The van der Waals surface area contributed by atoms with Crippen LogP contribution in [0.25, 0.3) is 0 Å². The zero-order valence-electron chi connectivity index (χ0n) is 12.6. The van der Waals surface area contributed by atoms with E-state index in [0.29, 0.717) is 18.0 Å². The average molecular weight is 395 g/mol. The summed E-state index contributed by atoms with van der Waals surface area (Å²) in [5.41, 5.74) is 0.812. The second kappa shape index (κ2) is 6.53. The summed E-state index contributed by atoms with van der Waals surface area (Å²) in [4.78, 5) is 8.85. The van der Waals surface area contributed by atoms with Crippen molar-refractivity contribution in [1.82, 2.24) is 9.97 Å². The molecule has 0 amide bonds. The van der Waals surface area contributed by atoms with E-state index < -0.39 is 19.7 Å². The van der Waals surface area contributed by atoms with Gasteiger partial charge in [0.2, 0.25) is 0 Å². The molecule has 2 saturated heterocycles. The van der Waals surface area contributed by atoms with Crippen LogP contribution < -0.4 is 0 Å². The lowest BCUT2D eigenvalue weighted by Gasteiger charge is -2.10. The second-order valence-electron chi connectivity index (χ2n) is 5.92. The number of nitrogens with zero attached hydrogens (tertiary/aromatic N) is 2. The van der Waals surface area contributed by atoms with E-state index in [1.165, 1.54) is 23.5 Å². The first-order chi connectivity index (χ1) is 10.7. The average Bonchev–Trinajstić information content (AvgIpc) is 2.91. The first kappa shape index (κ1) is 17.5. The first-order valence-corrected chi connectivity index (χ1v) is 12.7. The maximum absolute atomic E-state index is 11.5. The van der Waals surface area contributed by atoms with Gasteiger partial charge in [-0.1, -0.05) is 11.8 Å². The number of hydrogen-bond donors (Lipinski definition) is 0. The third-order valence-electron chi connectivity index (χ3n) is 3.75. The molecule has 10 heteroatoms. The topological polar surface area (TPSA) is 94.1 Å². The quantitative estimate of drug-likeness (QED) is 0.558. The van der Waals surface area contributed by atoms with E-state index in [4.69, 9.17) is 0 Å². The van der Waals surface area contributed by atoms with E-state index in [1.807, 2.05) is 13.0 Å². The summed E-state index contributed by atoms with van der Waals surface area (Å²) in [5, 5.41) is 1.39. The summed E-state index contributed by atoms with van der Waals surface area (Å²) in [7, 11) is -5.82.